The highest BCUT2D eigenvalue weighted by molar-refractivity contribution is 9.10. The Kier molecular flexibility index (Phi) is 3.94. The van der Waals surface area contributed by atoms with E-state index in [4.69, 9.17) is 16.7 Å². The lowest BCUT2D eigenvalue weighted by Gasteiger charge is -2.07. The van der Waals surface area contributed by atoms with Crippen molar-refractivity contribution in [1.29, 1.82) is 0 Å². The van der Waals surface area contributed by atoms with Crippen molar-refractivity contribution in [3.63, 3.8) is 0 Å². The summed E-state index contributed by atoms with van der Waals surface area (Å²) in [5.41, 5.74) is 1.74. The van der Waals surface area contributed by atoms with E-state index in [0.717, 1.165) is 10.0 Å². The molecule has 0 heterocycles. The van der Waals surface area contributed by atoms with E-state index in [9.17, 15) is 4.79 Å². The molecule has 0 atom stereocenters. The molecule has 0 aliphatic carbocycles. The average molecular weight is 290 g/mol. The van der Waals surface area contributed by atoms with Gasteiger partial charge in [0.2, 0.25) is 0 Å². The highest BCUT2D eigenvalue weighted by atomic mass is 79.9. The molecule has 1 aromatic rings. The first kappa shape index (κ1) is 12.3. The first-order valence-electron chi connectivity index (χ1n) is 4.29. The van der Waals surface area contributed by atoms with E-state index in [1.165, 1.54) is 0 Å². The molecule has 0 fully saturated rings. The van der Waals surface area contributed by atoms with E-state index < -0.39 is 5.97 Å². The lowest BCUT2D eigenvalue weighted by Crippen LogP contribution is -1.99. The maximum absolute atomic E-state index is 10.8. The van der Waals surface area contributed by atoms with Gasteiger partial charge < -0.3 is 5.11 Å². The minimum Gasteiger partial charge on any atom is -0.478 e. The van der Waals surface area contributed by atoms with E-state index in [1.54, 1.807) is 26.0 Å². The molecule has 0 aromatic heterocycles. The highest BCUT2D eigenvalue weighted by Crippen LogP contribution is 2.28. The van der Waals surface area contributed by atoms with Crippen LogP contribution in [0, 0.1) is 0 Å². The first-order valence-corrected chi connectivity index (χ1v) is 5.46. The maximum Gasteiger partial charge on any atom is 0.331 e. The summed E-state index contributed by atoms with van der Waals surface area (Å²) in [5.74, 6) is -0.925. The number of aliphatic carboxylic acids is 1. The van der Waals surface area contributed by atoms with E-state index in [1.807, 2.05) is 6.07 Å². The van der Waals surface area contributed by atoms with Crippen molar-refractivity contribution in [1.82, 2.24) is 0 Å². The molecule has 0 spiro atoms. The minimum atomic E-state index is -0.925. The van der Waals surface area contributed by atoms with Crippen molar-refractivity contribution < 1.29 is 9.90 Å². The van der Waals surface area contributed by atoms with Gasteiger partial charge in [0.05, 0.1) is 0 Å². The van der Waals surface area contributed by atoms with Gasteiger partial charge in [-0.15, -0.1) is 0 Å². The van der Waals surface area contributed by atoms with E-state index in [-0.39, 0.29) is 0 Å². The van der Waals surface area contributed by atoms with Crippen LogP contribution in [0.2, 0.25) is 5.02 Å². The molecule has 0 aliphatic heterocycles. The number of carboxylic acid groups (broad SMARTS) is 1. The molecule has 0 amide bonds. The third-order valence-corrected chi connectivity index (χ3v) is 3.02. The molecular formula is C11H10BrClO2. The second-order valence-corrected chi connectivity index (χ2v) is 4.50. The van der Waals surface area contributed by atoms with Crippen molar-refractivity contribution in [3.8, 4) is 0 Å². The standard InChI is InChI=1S/C11H10BrClO2/c1-6(7(2)11(14)15)9-4-3-8(12)5-10(9)13/h3-5H,1-2H3,(H,14,15)/b7-6+. The van der Waals surface area contributed by atoms with Crippen molar-refractivity contribution in [3.05, 3.63) is 38.8 Å². The van der Waals surface area contributed by atoms with Crippen LogP contribution in [-0.2, 0) is 4.79 Å². The lowest BCUT2D eigenvalue weighted by atomic mass is 10.0. The monoisotopic (exact) mass is 288 g/mol. The molecule has 4 heteroatoms. The molecule has 80 valence electrons. The zero-order chi connectivity index (χ0) is 11.6. The predicted octanol–water partition coefficient (Wildman–Crippen LogP) is 3.98. The van der Waals surface area contributed by atoms with Crippen LogP contribution in [0.3, 0.4) is 0 Å². The van der Waals surface area contributed by atoms with Crippen LogP contribution in [0.15, 0.2) is 28.2 Å². The van der Waals surface area contributed by atoms with Crippen LogP contribution in [0.25, 0.3) is 5.57 Å². The molecule has 2 nitrogen and oxygen atoms in total. The summed E-state index contributed by atoms with van der Waals surface area (Å²) in [4.78, 5) is 10.8. The fourth-order valence-corrected chi connectivity index (χ4v) is 1.97. The molecule has 0 bridgehead atoms. The SMILES string of the molecule is C/C(C(=O)O)=C(/C)c1ccc(Br)cc1Cl. The number of halogens is 2. The predicted molar refractivity (Wildman–Crippen MR) is 65.1 cm³/mol. The zero-order valence-electron chi connectivity index (χ0n) is 8.34. The summed E-state index contributed by atoms with van der Waals surface area (Å²) >= 11 is 9.31. The van der Waals surface area contributed by atoms with E-state index in [0.29, 0.717) is 16.2 Å². The van der Waals surface area contributed by atoms with Gasteiger partial charge in [0.25, 0.3) is 0 Å². The Hall–Kier alpha value is -0.800. The summed E-state index contributed by atoms with van der Waals surface area (Å²) in [7, 11) is 0. The minimum absolute atomic E-state index is 0.305. The summed E-state index contributed by atoms with van der Waals surface area (Å²) in [6.45, 7) is 3.31. The Morgan fingerprint density at radius 2 is 2.00 bits per heavy atom. The number of allylic oxidation sites excluding steroid dienone is 1. The van der Waals surface area contributed by atoms with Gasteiger partial charge in [-0.2, -0.15) is 0 Å². The van der Waals surface area contributed by atoms with Crippen molar-refractivity contribution >= 4 is 39.1 Å². The largest absolute Gasteiger partial charge is 0.478 e. The fraction of sp³-hybridized carbons (Fsp3) is 0.182. The number of carboxylic acids is 1. The summed E-state index contributed by atoms with van der Waals surface area (Å²) < 4.78 is 0.872. The third-order valence-electron chi connectivity index (χ3n) is 2.22. The van der Waals surface area contributed by atoms with Gasteiger partial charge in [0.15, 0.2) is 0 Å². The molecule has 0 unspecified atom stereocenters. The Labute approximate surface area is 102 Å². The second-order valence-electron chi connectivity index (χ2n) is 3.18. The van der Waals surface area contributed by atoms with Crippen LogP contribution >= 0.6 is 27.5 Å². The van der Waals surface area contributed by atoms with Crippen LogP contribution in [0.1, 0.15) is 19.4 Å². The third kappa shape index (κ3) is 2.83. The summed E-state index contributed by atoms with van der Waals surface area (Å²) in [6.07, 6.45) is 0. The molecule has 0 radical (unpaired) electrons. The Balaban J connectivity index is 3.29. The van der Waals surface area contributed by atoms with Gasteiger partial charge in [0, 0.05) is 15.1 Å². The number of benzene rings is 1. The van der Waals surface area contributed by atoms with Crippen LogP contribution in [0.5, 0.6) is 0 Å². The van der Waals surface area contributed by atoms with Crippen molar-refractivity contribution in [2.45, 2.75) is 13.8 Å². The molecule has 15 heavy (non-hydrogen) atoms. The van der Waals surface area contributed by atoms with Gasteiger partial charge in [-0.3, -0.25) is 0 Å². The van der Waals surface area contributed by atoms with E-state index >= 15 is 0 Å². The number of rotatable bonds is 2. The van der Waals surface area contributed by atoms with Gasteiger partial charge in [-0.05, 0) is 37.1 Å². The lowest BCUT2D eigenvalue weighted by molar-refractivity contribution is -0.132. The smallest absolute Gasteiger partial charge is 0.331 e. The first-order chi connectivity index (χ1) is 6.93. The number of carbonyl (C=O) groups is 1. The van der Waals surface area contributed by atoms with Crippen molar-refractivity contribution in [2.24, 2.45) is 0 Å². The average Bonchev–Trinajstić information content (AvgIpc) is 2.15. The maximum atomic E-state index is 10.8. The molecule has 0 aliphatic rings. The summed E-state index contributed by atoms with van der Waals surface area (Å²) in [6, 6.07) is 5.38. The Morgan fingerprint density at radius 3 is 2.47 bits per heavy atom. The fourth-order valence-electron chi connectivity index (χ4n) is 1.16. The Morgan fingerprint density at radius 1 is 1.40 bits per heavy atom. The van der Waals surface area contributed by atoms with Gasteiger partial charge >= 0.3 is 5.97 Å². The number of hydrogen-bond donors (Lipinski definition) is 1. The molecular weight excluding hydrogens is 279 g/mol. The molecule has 1 aromatic carbocycles. The molecule has 1 rings (SSSR count). The van der Waals surface area contributed by atoms with Crippen LogP contribution in [-0.4, -0.2) is 11.1 Å². The molecule has 0 saturated carbocycles. The van der Waals surface area contributed by atoms with Crippen molar-refractivity contribution in [2.75, 3.05) is 0 Å². The van der Waals surface area contributed by atoms with Gasteiger partial charge in [0.1, 0.15) is 0 Å². The highest BCUT2D eigenvalue weighted by Gasteiger charge is 2.10. The van der Waals surface area contributed by atoms with Crippen LogP contribution in [0.4, 0.5) is 0 Å². The van der Waals surface area contributed by atoms with Crippen LogP contribution < -0.4 is 0 Å². The summed E-state index contributed by atoms with van der Waals surface area (Å²) in [5, 5.41) is 9.39. The molecule has 1 N–H and O–H groups in total. The second kappa shape index (κ2) is 4.81. The normalized spacial score (nSPS) is 12.3. The quantitative estimate of drug-likeness (QED) is 0.836. The number of hydrogen-bond acceptors (Lipinski definition) is 1. The Bertz CT molecular complexity index is 438. The zero-order valence-corrected chi connectivity index (χ0v) is 10.7. The molecule has 0 saturated heterocycles. The van der Waals surface area contributed by atoms with E-state index in [2.05, 4.69) is 15.9 Å². The van der Waals surface area contributed by atoms with Gasteiger partial charge in [-0.1, -0.05) is 33.6 Å². The van der Waals surface area contributed by atoms with Gasteiger partial charge in [-0.25, -0.2) is 4.79 Å². The topological polar surface area (TPSA) is 37.3 Å².